The predicted molar refractivity (Wildman–Crippen MR) is 74.5 cm³/mol. The summed E-state index contributed by atoms with van der Waals surface area (Å²) in [5.41, 5.74) is 0.295. The monoisotopic (exact) mass is 275 g/mol. The van der Waals surface area contributed by atoms with E-state index in [1.807, 2.05) is 0 Å². The van der Waals surface area contributed by atoms with E-state index in [1.54, 1.807) is 26.0 Å². The lowest BCUT2D eigenvalue weighted by Crippen LogP contribution is -2.48. The third kappa shape index (κ3) is 3.27. The number of carbonyl (C=O) groups is 1. The van der Waals surface area contributed by atoms with Crippen LogP contribution in [-0.4, -0.2) is 18.0 Å². The van der Waals surface area contributed by atoms with Gasteiger partial charge in [-0.05, 0) is 50.3 Å². The number of amides is 1. The Morgan fingerprint density at radius 1 is 1.55 bits per heavy atom. The minimum absolute atomic E-state index is 0.0516. The molecule has 0 aliphatic heterocycles. The van der Waals surface area contributed by atoms with Crippen molar-refractivity contribution in [1.29, 1.82) is 5.26 Å². The summed E-state index contributed by atoms with van der Waals surface area (Å²) in [6, 6.07) is 6.93. The quantitative estimate of drug-likeness (QED) is 0.867. The van der Waals surface area contributed by atoms with Gasteiger partial charge >= 0.3 is 0 Å². The zero-order chi connectivity index (χ0) is 14.8. The molecule has 1 amide bonds. The van der Waals surface area contributed by atoms with Gasteiger partial charge in [-0.3, -0.25) is 4.79 Å². The van der Waals surface area contributed by atoms with Crippen molar-refractivity contribution in [1.82, 2.24) is 5.32 Å². The molecule has 2 rings (SSSR count). The van der Waals surface area contributed by atoms with Crippen molar-refractivity contribution in [3.63, 3.8) is 0 Å². The van der Waals surface area contributed by atoms with Crippen LogP contribution in [0.4, 0.5) is 10.1 Å². The average molecular weight is 275 g/mol. The van der Waals surface area contributed by atoms with Crippen molar-refractivity contribution in [3.8, 4) is 6.07 Å². The Morgan fingerprint density at radius 2 is 2.25 bits per heavy atom. The van der Waals surface area contributed by atoms with Crippen LogP contribution in [0.25, 0.3) is 0 Å². The first-order valence-corrected chi connectivity index (χ1v) is 6.67. The Labute approximate surface area is 118 Å². The lowest BCUT2D eigenvalue weighted by Gasteiger charge is -2.23. The first-order chi connectivity index (χ1) is 9.44. The minimum Gasteiger partial charge on any atom is -0.374 e. The largest absolute Gasteiger partial charge is 0.374 e. The molecule has 1 unspecified atom stereocenters. The van der Waals surface area contributed by atoms with Crippen LogP contribution < -0.4 is 10.6 Å². The van der Waals surface area contributed by atoms with Crippen molar-refractivity contribution in [2.24, 2.45) is 5.92 Å². The highest BCUT2D eigenvalue weighted by Gasteiger charge is 2.42. The van der Waals surface area contributed by atoms with E-state index in [-0.39, 0.29) is 29.9 Å². The summed E-state index contributed by atoms with van der Waals surface area (Å²) in [6.45, 7) is 3.48. The number of halogens is 1. The molecule has 0 heterocycles. The molecule has 1 saturated carbocycles. The van der Waals surface area contributed by atoms with E-state index in [9.17, 15) is 9.18 Å². The number of nitrogens with zero attached hydrogens (tertiary/aromatic N) is 1. The number of hydrogen-bond donors (Lipinski definition) is 2. The summed E-state index contributed by atoms with van der Waals surface area (Å²) in [4.78, 5) is 11.9. The van der Waals surface area contributed by atoms with Gasteiger partial charge in [-0.2, -0.15) is 5.26 Å². The Bertz CT molecular complexity index is 563. The van der Waals surface area contributed by atoms with E-state index in [2.05, 4.69) is 16.7 Å². The number of nitrogens with one attached hydrogen (secondary N) is 2. The fourth-order valence-corrected chi connectivity index (χ4v) is 2.15. The molecular formula is C15H18FN3O. The molecule has 1 aromatic carbocycles. The van der Waals surface area contributed by atoms with E-state index < -0.39 is 5.54 Å². The molecule has 1 aromatic rings. The summed E-state index contributed by atoms with van der Waals surface area (Å²) in [5, 5.41) is 14.6. The number of nitriles is 1. The van der Waals surface area contributed by atoms with Gasteiger partial charge in [0, 0.05) is 0 Å². The van der Waals surface area contributed by atoms with Crippen molar-refractivity contribution in [2.45, 2.75) is 32.2 Å². The maximum Gasteiger partial charge on any atom is 0.240 e. The summed E-state index contributed by atoms with van der Waals surface area (Å²) < 4.78 is 13.6. The van der Waals surface area contributed by atoms with Gasteiger partial charge in [-0.25, -0.2) is 4.39 Å². The fraction of sp³-hybridized carbons (Fsp3) is 0.467. The first-order valence-electron chi connectivity index (χ1n) is 6.67. The van der Waals surface area contributed by atoms with Gasteiger partial charge in [0.25, 0.3) is 0 Å². The van der Waals surface area contributed by atoms with E-state index in [0.717, 1.165) is 18.4 Å². The van der Waals surface area contributed by atoms with Gasteiger partial charge in [0.1, 0.15) is 11.4 Å². The van der Waals surface area contributed by atoms with E-state index >= 15 is 0 Å². The van der Waals surface area contributed by atoms with Crippen LogP contribution in [0.5, 0.6) is 0 Å². The van der Waals surface area contributed by atoms with Crippen LogP contribution in [0, 0.1) is 30.0 Å². The number of benzene rings is 1. The summed E-state index contributed by atoms with van der Waals surface area (Å²) >= 11 is 0. The van der Waals surface area contributed by atoms with Gasteiger partial charge in [0.05, 0.1) is 18.3 Å². The molecule has 4 nitrogen and oxygen atoms in total. The summed E-state index contributed by atoms with van der Waals surface area (Å²) in [6.07, 6.45) is 1.93. The molecule has 0 radical (unpaired) electrons. The van der Waals surface area contributed by atoms with Crippen molar-refractivity contribution >= 4 is 11.6 Å². The molecule has 0 spiro atoms. The highest BCUT2D eigenvalue weighted by Crippen LogP contribution is 2.39. The molecule has 5 heteroatoms. The third-order valence-electron chi connectivity index (χ3n) is 3.59. The number of hydrogen-bond acceptors (Lipinski definition) is 3. The third-order valence-corrected chi connectivity index (χ3v) is 3.59. The van der Waals surface area contributed by atoms with Crippen molar-refractivity contribution < 1.29 is 9.18 Å². The van der Waals surface area contributed by atoms with Crippen LogP contribution in [0.1, 0.15) is 25.3 Å². The van der Waals surface area contributed by atoms with Crippen LogP contribution in [0.2, 0.25) is 0 Å². The Balaban J connectivity index is 1.90. The normalized spacial score (nSPS) is 16.9. The standard InChI is InChI=1S/C15H18FN3O/c1-10-3-6-13(12(16)7-10)18-8-14(20)19-15(2,9-17)11-4-5-11/h3,6-7,11,18H,4-5,8H2,1-2H3,(H,19,20). The van der Waals surface area contributed by atoms with Gasteiger partial charge in [0.2, 0.25) is 5.91 Å². The smallest absolute Gasteiger partial charge is 0.240 e. The molecule has 20 heavy (non-hydrogen) atoms. The molecule has 2 N–H and O–H groups in total. The second-order valence-corrected chi connectivity index (χ2v) is 5.47. The Morgan fingerprint density at radius 3 is 2.80 bits per heavy atom. The lowest BCUT2D eigenvalue weighted by molar-refractivity contribution is -0.120. The highest BCUT2D eigenvalue weighted by molar-refractivity contribution is 5.82. The Kier molecular flexibility index (Phi) is 3.93. The molecule has 1 aliphatic rings. The van der Waals surface area contributed by atoms with Gasteiger partial charge in [-0.15, -0.1) is 0 Å². The average Bonchev–Trinajstić information content (AvgIpc) is 3.22. The number of rotatable bonds is 5. The fourth-order valence-electron chi connectivity index (χ4n) is 2.15. The zero-order valence-corrected chi connectivity index (χ0v) is 11.7. The topological polar surface area (TPSA) is 64.9 Å². The molecule has 0 saturated heterocycles. The van der Waals surface area contributed by atoms with Crippen LogP contribution in [0.3, 0.4) is 0 Å². The van der Waals surface area contributed by atoms with E-state index in [0.29, 0.717) is 0 Å². The number of aryl methyl sites for hydroxylation is 1. The molecule has 0 aromatic heterocycles. The molecule has 106 valence electrons. The Hall–Kier alpha value is -2.09. The summed E-state index contributed by atoms with van der Waals surface area (Å²) in [5.74, 6) is -0.462. The van der Waals surface area contributed by atoms with E-state index in [1.165, 1.54) is 6.07 Å². The van der Waals surface area contributed by atoms with Crippen molar-refractivity contribution in [3.05, 3.63) is 29.6 Å². The van der Waals surface area contributed by atoms with Gasteiger partial charge in [-0.1, -0.05) is 6.07 Å². The maximum absolute atomic E-state index is 13.6. The minimum atomic E-state index is -0.815. The lowest BCUT2D eigenvalue weighted by atomic mass is 9.98. The first kappa shape index (κ1) is 14.3. The number of anilines is 1. The van der Waals surface area contributed by atoms with Crippen LogP contribution >= 0.6 is 0 Å². The SMILES string of the molecule is Cc1ccc(NCC(=O)NC(C)(C#N)C2CC2)c(F)c1. The highest BCUT2D eigenvalue weighted by atomic mass is 19.1. The molecule has 1 fully saturated rings. The van der Waals surface area contributed by atoms with E-state index in [4.69, 9.17) is 5.26 Å². The zero-order valence-electron chi connectivity index (χ0n) is 11.7. The van der Waals surface area contributed by atoms with Crippen LogP contribution in [-0.2, 0) is 4.79 Å². The second-order valence-electron chi connectivity index (χ2n) is 5.47. The summed E-state index contributed by atoms with van der Waals surface area (Å²) in [7, 11) is 0. The molecule has 0 bridgehead atoms. The van der Waals surface area contributed by atoms with Gasteiger partial charge in [0.15, 0.2) is 0 Å². The maximum atomic E-state index is 13.6. The van der Waals surface area contributed by atoms with Crippen molar-refractivity contribution in [2.75, 3.05) is 11.9 Å². The van der Waals surface area contributed by atoms with Crippen LogP contribution in [0.15, 0.2) is 18.2 Å². The second kappa shape index (κ2) is 5.49. The molecule has 1 aliphatic carbocycles. The number of carbonyl (C=O) groups excluding carboxylic acids is 1. The predicted octanol–water partition coefficient (Wildman–Crippen LogP) is 2.35. The molecular weight excluding hydrogens is 257 g/mol. The van der Waals surface area contributed by atoms with Gasteiger partial charge < -0.3 is 10.6 Å². The molecule has 1 atom stereocenters.